The highest BCUT2D eigenvalue weighted by molar-refractivity contribution is 5.33. The number of aromatic nitrogens is 1. The summed E-state index contributed by atoms with van der Waals surface area (Å²) in [7, 11) is 0. The molecule has 1 aromatic heterocycles. The van der Waals surface area contributed by atoms with Gasteiger partial charge in [0.2, 0.25) is 0 Å². The summed E-state index contributed by atoms with van der Waals surface area (Å²) >= 11 is 0. The normalized spacial score (nSPS) is 23.8. The highest BCUT2D eigenvalue weighted by atomic mass is 15.1. The lowest BCUT2D eigenvalue weighted by Crippen LogP contribution is -2.59. The van der Waals surface area contributed by atoms with E-state index in [1.165, 1.54) is 5.69 Å². The lowest BCUT2D eigenvalue weighted by atomic mass is 9.50. The molecule has 0 aromatic carbocycles. The molecular weight excluding hydrogens is 208 g/mol. The molecule has 0 spiro atoms. The van der Waals surface area contributed by atoms with Crippen LogP contribution in [0.25, 0.3) is 0 Å². The van der Waals surface area contributed by atoms with Gasteiger partial charge >= 0.3 is 0 Å². The zero-order chi connectivity index (χ0) is 13.1. The van der Waals surface area contributed by atoms with Crippen LogP contribution in [-0.2, 0) is 12.0 Å². The SMILES string of the molecule is CC(C)(C)C1(C(C)(C)C)c2cccn2C[C@H]1N. The van der Waals surface area contributed by atoms with Gasteiger partial charge in [0.1, 0.15) is 0 Å². The van der Waals surface area contributed by atoms with Crippen molar-refractivity contribution < 1.29 is 0 Å². The van der Waals surface area contributed by atoms with E-state index in [2.05, 4.69) is 64.4 Å². The van der Waals surface area contributed by atoms with E-state index in [1.807, 2.05) is 0 Å². The van der Waals surface area contributed by atoms with Crippen LogP contribution < -0.4 is 5.73 Å². The van der Waals surface area contributed by atoms with Crippen LogP contribution in [0.2, 0.25) is 0 Å². The maximum atomic E-state index is 6.56. The Kier molecular flexibility index (Phi) is 2.52. The van der Waals surface area contributed by atoms with E-state index < -0.39 is 0 Å². The molecule has 1 aliphatic heterocycles. The highest BCUT2D eigenvalue weighted by Gasteiger charge is 2.59. The van der Waals surface area contributed by atoms with Gasteiger partial charge in [0, 0.05) is 29.9 Å². The van der Waals surface area contributed by atoms with Crippen LogP contribution in [0.3, 0.4) is 0 Å². The fourth-order valence-electron chi connectivity index (χ4n) is 4.48. The van der Waals surface area contributed by atoms with Crippen LogP contribution in [0.1, 0.15) is 47.2 Å². The Morgan fingerprint density at radius 3 is 2.18 bits per heavy atom. The first kappa shape index (κ1) is 12.7. The molecule has 0 fully saturated rings. The summed E-state index contributed by atoms with van der Waals surface area (Å²) in [4.78, 5) is 0. The first-order chi connectivity index (χ1) is 7.62. The molecule has 96 valence electrons. The van der Waals surface area contributed by atoms with E-state index >= 15 is 0 Å². The minimum absolute atomic E-state index is 0.0312. The van der Waals surface area contributed by atoms with Crippen molar-refractivity contribution in [3.8, 4) is 0 Å². The van der Waals surface area contributed by atoms with Gasteiger partial charge in [-0.2, -0.15) is 0 Å². The summed E-state index contributed by atoms with van der Waals surface area (Å²) in [6, 6.07) is 4.59. The van der Waals surface area contributed by atoms with Crippen molar-refractivity contribution in [2.45, 2.75) is 59.5 Å². The Hall–Kier alpha value is -0.760. The van der Waals surface area contributed by atoms with E-state index in [0.717, 1.165) is 6.54 Å². The van der Waals surface area contributed by atoms with E-state index in [4.69, 9.17) is 5.73 Å². The lowest BCUT2D eigenvalue weighted by molar-refractivity contribution is 0.0364. The van der Waals surface area contributed by atoms with E-state index in [9.17, 15) is 0 Å². The van der Waals surface area contributed by atoms with Gasteiger partial charge in [0.25, 0.3) is 0 Å². The van der Waals surface area contributed by atoms with Gasteiger partial charge in [-0.25, -0.2) is 0 Å². The fraction of sp³-hybridized carbons (Fsp3) is 0.733. The Bertz CT molecular complexity index is 401. The van der Waals surface area contributed by atoms with Crippen LogP contribution in [0.5, 0.6) is 0 Å². The Morgan fingerprint density at radius 2 is 1.71 bits per heavy atom. The molecule has 17 heavy (non-hydrogen) atoms. The van der Waals surface area contributed by atoms with Crippen molar-refractivity contribution in [3.05, 3.63) is 24.0 Å². The average molecular weight is 234 g/mol. The van der Waals surface area contributed by atoms with Gasteiger partial charge in [0.15, 0.2) is 0 Å². The molecule has 0 saturated heterocycles. The van der Waals surface area contributed by atoms with Gasteiger partial charge in [-0.3, -0.25) is 0 Å². The molecule has 1 atom stereocenters. The minimum Gasteiger partial charge on any atom is -0.349 e. The summed E-state index contributed by atoms with van der Waals surface area (Å²) in [5.74, 6) is 0. The van der Waals surface area contributed by atoms with E-state index in [0.29, 0.717) is 0 Å². The third kappa shape index (κ3) is 1.43. The molecule has 0 unspecified atom stereocenters. The van der Waals surface area contributed by atoms with Gasteiger partial charge in [-0.1, -0.05) is 41.5 Å². The summed E-state index contributed by atoms with van der Waals surface area (Å²) < 4.78 is 2.33. The maximum Gasteiger partial charge on any atom is 0.0384 e. The maximum absolute atomic E-state index is 6.56. The van der Waals surface area contributed by atoms with Gasteiger partial charge in [-0.05, 0) is 23.0 Å². The first-order valence-electron chi connectivity index (χ1n) is 6.53. The molecule has 1 aromatic rings. The van der Waals surface area contributed by atoms with Crippen LogP contribution in [0, 0.1) is 10.8 Å². The zero-order valence-electron chi connectivity index (χ0n) is 12.0. The molecule has 2 nitrogen and oxygen atoms in total. The van der Waals surface area contributed by atoms with Crippen molar-refractivity contribution >= 4 is 0 Å². The second kappa shape index (κ2) is 3.38. The van der Waals surface area contributed by atoms with Gasteiger partial charge < -0.3 is 10.3 Å². The lowest BCUT2D eigenvalue weighted by Gasteiger charge is -2.53. The number of hydrogen-bond donors (Lipinski definition) is 1. The number of rotatable bonds is 0. The van der Waals surface area contributed by atoms with E-state index in [-0.39, 0.29) is 22.3 Å². The zero-order valence-corrected chi connectivity index (χ0v) is 12.0. The Labute approximate surface area is 105 Å². The monoisotopic (exact) mass is 234 g/mol. The summed E-state index contributed by atoms with van der Waals surface area (Å²) in [5.41, 5.74) is 8.30. The second-order valence-corrected chi connectivity index (χ2v) is 7.46. The summed E-state index contributed by atoms with van der Waals surface area (Å²) in [5, 5.41) is 0. The molecule has 0 radical (unpaired) electrons. The standard InChI is InChI=1S/C15H26N2/c1-13(2,3)15(14(4,5)6)11(16)10-17-9-7-8-12(15)17/h7-9,11H,10,16H2,1-6H3/t11-/m1/s1. The minimum atomic E-state index is 0.0312. The third-order valence-electron chi connectivity index (χ3n) is 4.55. The number of fused-ring (bicyclic) bond motifs is 1. The van der Waals surface area contributed by atoms with Crippen LogP contribution in [-0.4, -0.2) is 10.6 Å². The first-order valence-corrected chi connectivity index (χ1v) is 6.53. The molecule has 2 N–H and O–H groups in total. The quantitative estimate of drug-likeness (QED) is 0.734. The molecule has 0 saturated carbocycles. The van der Waals surface area contributed by atoms with Crippen molar-refractivity contribution in [1.82, 2.24) is 4.57 Å². The predicted octanol–water partition coefficient (Wildman–Crippen LogP) is 3.16. The molecule has 0 amide bonds. The highest BCUT2D eigenvalue weighted by Crippen LogP contribution is 2.57. The Balaban J connectivity index is 2.72. The van der Waals surface area contributed by atoms with Crippen LogP contribution in [0.15, 0.2) is 18.3 Å². The Morgan fingerprint density at radius 1 is 1.18 bits per heavy atom. The summed E-state index contributed by atoms with van der Waals surface area (Å²) in [6.45, 7) is 14.9. The van der Waals surface area contributed by atoms with Crippen molar-refractivity contribution in [3.63, 3.8) is 0 Å². The van der Waals surface area contributed by atoms with E-state index in [1.54, 1.807) is 0 Å². The predicted molar refractivity (Wildman–Crippen MR) is 73.0 cm³/mol. The van der Waals surface area contributed by atoms with Gasteiger partial charge in [-0.15, -0.1) is 0 Å². The molecule has 2 rings (SSSR count). The smallest absolute Gasteiger partial charge is 0.0384 e. The molecule has 2 heterocycles. The molecular formula is C15H26N2. The number of nitrogens with zero attached hydrogens (tertiary/aromatic N) is 1. The average Bonchev–Trinajstić information content (AvgIpc) is 2.56. The van der Waals surface area contributed by atoms with Crippen LogP contribution in [0.4, 0.5) is 0 Å². The van der Waals surface area contributed by atoms with Crippen molar-refractivity contribution in [2.24, 2.45) is 16.6 Å². The summed E-state index contributed by atoms with van der Waals surface area (Å²) in [6.07, 6.45) is 2.16. The second-order valence-electron chi connectivity index (χ2n) is 7.46. The fourth-order valence-corrected chi connectivity index (χ4v) is 4.48. The molecule has 2 heteroatoms. The largest absolute Gasteiger partial charge is 0.349 e. The topological polar surface area (TPSA) is 30.9 Å². The van der Waals surface area contributed by atoms with Crippen molar-refractivity contribution in [1.29, 1.82) is 0 Å². The molecule has 0 aliphatic carbocycles. The third-order valence-corrected chi connectivity index (χ3v) is 4.55. The molecule has 0 bridgehead atoms. The molecule has 1 aliphatic rings. The number of nitrogens with two attached hydrogens (primary N) is 1. The van der Waals surface area contributed by atoms with Crippen LogP contribution >= 0.6 is 0 Å². The van der Waals surface area contributed by atoms with Crippen molar-refractivity contribution in [2.75, 3.05) is 0 Å². The van der Waals surface area contributed by atoms with Gasteiger partial charge in [0.05, 0.1) is 0 Å². The number of hydrogen-bond acceptors (Lipinski definition) is 1.